The van der Waals surface area contributed by atoms with Crippen LogP contribution >= 0.6 is 12.4 Å². The highest BCUT2D eigenvalue weighted by Gasteiger charge is 2.32. The third-order valence-corrected chi connectivity index (χ3v) is 3.99. The first-order chi connectivity index (χ1) is 10.8. The molecule has 2 N–H and O–H groups in total. The largest absolute Gasteiger partial charge is 0.573 e. The first-order valence-electron chi connectivity index (χ1n) is 7.69. The van der Waals surface area contributed by atoms with Gasteiger partial charge in [-0.25, -0.2) is 0 Å². The van der Waals surface area contributed by atoms with Gasteiger partial charge in [-0.1, -0.05) is 25.1 Å². The van der Waals surface area contributed by atoms with Crippen molar-refractivity contribution < 1.29 is 22.7 Å². The fourth-order valence-corrected chi connectivity index (χ4v) is 2.64. The number of aryl methyl sites for hydroxylation is 1. The predicted octanol–water partition coefficient (Wildman–Crippen LogP) is 3.05. The number of carbonyl (C=O) groups is 1. The second-order valence-corrected chi connectivity index (χ2v) is 5.80. The number of para-hydroxylation sites is 1. The van der Waals surface area contributed by atoms with E-state index in [1.165, 1.54) is 12.1 Å². The van der Waals surface area contributed by atoms with Gasteiger partial charge < -0.3 is 15.4 Å². The Kier molecular flexibility index (Phi) is 7.83. The quantitative estimate of drug-likeness (QED) is 0.842. The van der Waals surface area contributed by atoms with Gasteiger partial charge in [-0.3, -0.25) is 4.79 Å². The van der Waals surface area contributed by atoms with Crippen LogP contribution in [0.1, 0.15) is 25.3 Å². The van der Waals surface area contributed by atoms with Gasteiger partial charge in [0.05, 0.1) is 0 Å². The van der Waals surface area contributed by atoms with Crippen LogP contribution in [0.25, 0.3) is 0 Å². The molecule has 0 aliphatic carbocycles. The molecule has 1 aromatic rings. The summed E-state index contributed by atoms with van der Waals surface area (Å²) in [7, 11) is 0. The highest BCUT2D eigenvalue weighted by Crippen LogP contribution is 2.27. The molecule has 24 heavy (non-hydrogen) atoms. The Balaban J connectivity index is 0.00000288. The lowest BCUT2D eigenvalue weighted by Gasteiger charge is -2.30. The summed E-state index contributed by atoms with van der Waals surface area (Å²) in [5.74, 6) is -0.0195. The van der Waals surface area contributed by atoms with Crippen molar-refractivity contribution >= 4 is 18.3 Å². The van der Waals surface area contributed by atoms with Crippen LogP contribution < -0.4 is 15.4 Å². The number of rotatable bonds is 5. The summed E-state index contributed by atoms with van der Waals surface area (Å²) in [6.45, 7) is 3.74. The van der Waals surface area contributed by atoms with Crippen LogP contribution in [0.2, 0.25) is 0 Å². The Labute approximate surface area is 145 Å². The van der Waals surface area contributed by atoms with Crippen molar-refractivity contribution in [3.63, 3.8) is 0 Å². The Morgan fingerprint density at radius 2 is 2.08 bits per heavy atom. The van der Waals surface area contributed by atoms with Crippen molar-refractivity contribution in [2.75, 3.05) is 13.1 Å². The Hall–Kier alpha value is -1.47. The molecule has 4 nitrogen and oxygen atoms in total. The molecule has 2 rings (SSSR count). The number of ether oxygens (including phenoxy) is 1. The molecule has 1 heterocycles. The van der Waals surface area contributed by atoms with Crippen LogP contribution in [-0.2, 0) is 11.2 Å². The topological polar surface area (TPSA) is 50.4 Å². The molecule has 1 aromatic carbocycles. The molecule has 1 aliphatic heterocycles. The van der Waals surface area contributed by atoms with Crippen molar-refractivity contribution in [1.82, 2.24) is 10.6 Å². The standard InChI is InChI=1S/C16H21F3N2O2.ClH/c1-11-8-9-20-10-13(11)21-15(22)7-6-12-4-2-3-5-14(12)23-16(17,18)19;/h2-5,11,13,20H,6-10H2,1H3,(H,21,22);1H. The average molecular weight is 367 g/mol. The fraction of sp³-hybridized carbons (Fsp3) is 0.562. The molecule has 2 unspecified atom stereocenters. The molecule has 0 radical (unpaired) electrons. The van der Waals surface area contributed by atoms with E-state index in [4.69, 9.17) is 0 Å². The second-order valence-electron chi connectivity index (χ2n) is 5.80. The molecular formula is C16H22ClF3N2O2. The van der Waals surface area contributed by atoms with Crippen molar-refractivity contribution in [1.29, 1.82) is 0 Å². The van der Waals surface area contributed by atoms with E-state index in [0.717, 1.165) is 19.5 Å². The molecule has 8 heteroatoms. The van der Waals surface area contributed by atoms with E-state index in [2.05, 4.69) is 22.3 Å². The zero-order valence-corrected chi connectivity index (χ0v) is 14.2. The minimum Gasteiger partial charge on any atom is -0.406 e. The maximum atomic E-state index is 12.4. The summed E-state index contributed by atoms with van der Waals surface area (Å²) in [4.78, 5) is 12.0. The first kappa shape index (κ1) is 20.6. The second kappa shape index (κ2) is 9.13. The molecule has 0 bridgehead atoms. The SMILES string of the molecule is CC1CCNCC1NC(=O)CCc1ccccc1OC(F)(F)F.Cl. The lowest BCUT2D eigenvalue weighted by Crippen LogP contribution is -2.50. The van der Waals surface area contributed by atoms with E-state index < -0.39 is 6.36 Å². The maximum Gasteiger partial charge on any atom is 0.573 e. The lowest BCUT2D eigenvalue weighted by atomic mass is 9.94. The number of alkyl halides is 3. The van der Waals surface area contributed by atoms with Gasteiger partial charge >= 0.3 is 6.36 Å². The van der Waals surface area contributed by atoms with Crippen molar-refractivity contribution in [3.05, 3.63) is 29.8 Å². The maximum absolute atomic E-state index is 12.4. The van der Waals surface area contributed by atoms with Gasteiger partial charge in [0.15, 0.2) is 0 Å². The van der Waals surface area contributed by atoms with E-state index in [1.54, 1.807) is 12.1 Å². The number of nitrogens with one attached hydrogen (secondary N) is 2. The third kappa shape index (κ3) is 6.57. The predicted molar refractivity (Wildman–Crippen MR) is 87.3 cm³/mol. The zero-order chi connectivity index (χ0) is 16.9. The smallest absolute Gasteiger partial charge is 0.406 e. The average Bonchev–Trinajstić information content (AvgIpc) is 2.47. The van der Waals surface area contributed by atoms with Crippen LogP contribution in [-0.4, -0.2) is 31.4 Å². The summed E-state index contributed by atoms with van der Waals surface area (Å²) in [6, 6.07) is 5.97. The van der Waals surface area contributed by atoms with E-state index in [9.17, 15) is 18.0 Å². The van der Waals surface area contributed by atoms with Crippen molar-refractivity contribution in [2.24, 2.45) is 5.92 Å². The number of carbonyl (C=O) groups excluding carboxylic acids is 1. The fourth-order valence-electron chi connectivity index (χ4n) is 2.64. The van der Waals surface area contributed by atoms with Crippen LogP contribution in [0, 0.1) is 5.92 Å². The molecular weight excluding hydrogens is 345 g/mol. The van der Waals surface area contributed by atoms with Gasteiger partial charge in [0.2, 0.25) is 5.91 Å². The van der Waals surface area contributed by atoms with Gasteiger partial charge in [-0.05, 0) is 36.9 Å². The summed E-state index contributed by atoms with van der Waals surface area (Å²) >= 11 is 0. The Bertz CT molecular complexity index is 540. The van der Waals surface area contributed by atoms with Crippen LogP contribution in [0.4, 0.5) is 13.2 Å². The first-order valence-corrected chi connectivity index (χ1v) is 7.69. The molecule has 2 atom stereocenters. The molecule has 1 amide bonds. The summed E-state index contributed by atoms with van der Waals surface area (Å²) in [5.41, 5.74) is 0.370. The van der Waals surface area contributed by atoms with Crippen LogP contribution in [0.15, 0.2) is 24.3 Å². The Morgan fingerprint density at radius 1 is 1.38 bits per heavy atom. The zero-order valence-electron chi connectivity index (χ0n) is 13.4. The monoisotopic (exact) mass is 366 g/mol. The summed E-state index contributed by atoms with van der Waals surface area (Å²) < 4.78 is 41.1. The van der Waals surface area contributed by atoms with Gasteiger partial charge in [0.25, 0.3) is 0 Å². The minimum atomic E-state index is -4.73. The number of hydrogen-bond acceptors (Lipinski definition) is 3. The molecule has 0 aromatic heterocycles. The van der Waals surface area contributed by atoms with E-state index in [0.29, 0.717) is 11.5 Å². The van der Waals surface area contributed by atoms with Crippen LogP contribution in [0.3, 0.4) is 0 Å². The molecule has 0 saturated carbocycles. The highest BCUT2D eigenvalue weighted by atomic mass is 35.5. The summed E-state index contributed by atoms with van der Waals surface area (Å²) in [5, 5.41) is 6.16. The number of benzene rings is 1. The van der Waals surface area contributed by atoms with Gasteiger partial charge in [0, 0.05) is 19.0 Å². The molecule has 0 spiro atoms. The minimum absolute atomic E-state index is 0. The van der Waals surface area contributed by atoms with Gasteiger partial charge in [0.1, 0.15) is 5.75 Å². The number of halogens is 4. The molecule has 1 saturated heterocycles. The van der Waals surface area contributed by atoms with Gasteiger partial charge in [-0.2, -0.15) is 0 Å². The van der Waals surface area contributed by atoms with Gasteiger partial charge in [-0.15, -0.1) is 25.6 Å². The molecule has 136 valence electrons. The van der Waals surface area contributed by atoms with Crippen molar-refractivity contribution in [3.8, 4) is 5.75 Å². The lowest BCUT2D eigenvalue weighted by molar-refractivity contribution is -0.274. The highest BCUT2D eigenvalue weighted by molar-refractivity contribution is 5.85. The number of amides is 1. The normalized spacial score (nSPS) is 20.8. The van der Waals surface area contributed by atoms with E-state index in [-0.39, 0.29) is 42.9 Å². The van der Waals surface area contributed by atoms with Crippen LogP contribution in [0.5, 0.6) is 5.75 Å². The number of hydrogen-bond donors (Lipinski definition) is 2. The third-order valence-electron chi connectivity index (χ3n) is 3.99. The number of piperidine rings is 1. The summed E-state index contributed by atoms with van der Waals surface area (Å²) in [6.07, 6.45) is -3.41. The molecule has 1 aliphatic rings. The van der Waals surface area contributed by atoms with E-state index in [1.807, 2.05) is 0 Å². The van der Waals surface area contributed by atoms with E-state index >= 15 is 0 Å². The Morgan fingerprint density at radius 3 is 2.75 bits per heavy atom. The molecule has 1 fully saturated rings. The van der Waals surface area contributed by atoms with Crippen molar-refractivity contribution in [2.45, 2.75) is 38.6 Å².